The SMILES string of the molecule is c1ccc(-c2ccc(-c3ccccc3-c3cc(-c4ccccc4-c4ccc(-c5cc(-c6ccc(-c7ccccc7-c7cc(-c8ccccc8-c8ccc(-c9ccccc9)nc8)cc(-c8ccccc8-c8ccc(-c9ccccc9)nc8)c7)cn6)ccn5)cc4)cc(-c4ccccc4-c4ccc(-c5ccccc5)nc4)c3)cn2)cc1. The molecule has 6 nitrogen and oxygen atoms in total. The molecule has 19 aromatic rings. The second-order valence-electron chi connectivity index (χ2n) is 28.5. The van der Waals surface area contributed by atoms with E-state index >= 15 is 0 Å². The third-order valence-corrected chi connectivity index (χ3v) is 21.5. The number of aromatic nitrogens is 6. The van der Waals surface area contributed by atoms with Gasteiger partial charge in [0.15, 0.2) is 0 Å². The van der Waals surface area contributed by atoms with Crippen molar-refractivity contribution in [2.45, 2.75) is 0 Å². The van der Waals surface area contributed by atoms with Crippen LogP contribution in [0.3, 0.4) is 0 Å². The fraction of sp³-hybridized carbons (Fsp3) is 0. The summed E-state index contributed by atoms with van der Waals surface area (Å²) in [5.41, 5.74) is 37.7. The fourth-order valence-corrected chi connectivity index (χ4v) is 15.7. The van der Waals surface area contributed by atoms with Gasteiger partial charge in [0.25, 0.3) is 0 Å². The number of hydrogen-bond acceptors (Lipinski definition) is 6. The molecule has 114 heavy (non-hydrogen) atoms. The Bertz CT molecular complexity index is 5940. The summed E-state index contributed by atoms with van der Waals surface area (Å²) in [4.78, 5) is 30.2. The van der Waals surface area contributed by atoms with Crippen molar-refractivity contribution in [3.63, 3.8) is 0 Å². The summed E-state index contributed by atoms with van der Waals surface area (Å²) in [6, 6.07) is 142. The Morgan fingerprint density at radius 1 is 0.105 bits per heavy atom. The Kier molecular flexibility index (Phi) is 19.1. The van der Waals surface area contributed by atoms with Gasteiger partial charge < -0.3 is 0 Å². The molecule has 0 unspecified atom stereocenters. The van der Waals surface area contributed by atoms with E-state index in [1.165, 1.54) is 0 Å². The van der Waals surface area contributed by atoms with Gasteiger partial charge in [0.05, 0.1) is 34.2 Å². The molecule has 0 bridgehead atoms. The largest absolute Gasteiger partial charge is 0.256 e. The summed E-state index contributed by atoms with van der Waals surface area (Å²) in [6.45, 7) is 0. The van der Waals surface area contributed by atoms with E-state index in [1.807, 2.05) is 67.5 Å². The number of benzene rings is 13. The highest BCUT2D eigenvalue weighted by molar-refractivity contribution is 5.97. The number of rotatable bonds is 18. The first kappa shape index (κ1) is 69.2. The van der Waals surface area contributed by atoms with Gasteiger partial charge in [-0.1, -0.05) is 322 Å². The van der Waals surface area contributed by atoms with Crippen molar-refractivity contribution in [1.82, 2.24) is 29.9 Å². The topological polar surface area (TPSA) is 77.3 Å². The first-order valence-corrected chi connectivity index (χ1v) is 38.5. The first-order chi connectivity index (χ1) is 56.5. The third-order valence-electron chi connectivity index (χ3n) is 21.5. The lowest BCUT2D eigenvalue weighted by molar-refractivity contribution is 1.29. The van der Waals surface area contributed by atoms with Gasteiger partial charge >= 0.3 is 0 Å². The average Bonchev–Trinajstić information content (AvgIpc) is 0.794. The second kappa shape index (κ2) is 31.4. The number of nitrogens with zero attached hydrogens (tertiary/aromatic N) is 6. The molecule has 0 fully saturated rings. The van der Waals surface area contributed by atoms with Crippen LogP contribution in [-0.2, 0) is 0 Å². The van der Waals surface area contributed by atoms with Gasteiger partial charge in [-0.05, 0) is 185 Å². The summed E-state index contributed by atoms with van der Waals surface area (Å²) in [5.74, 6) is 0. The fourth-order valence-electron chi connectivity index (χ4n) is 15.7. The molecule has 6 heteroatoms. The Hall–Kier alpha value is -15.2. The highest BCUT2D eigenvalue weighted by atomic mass is 14.7. The van der Waals surface area contributed by atoms with E-state index in [4.69, 9.17) is 29.9 Å². The van der Waals surface area contributed by atoms with Crippen molar-refractivity contribution < 1.29 is 0 Å². The molecule has 19 rings (SSSR count). The van der Waals surface area contributed by atoms with E-state index in [-0.39, 0.29) is 0 Å². The van der Waals surface area contributed by atoms with Crippen molar-refractivity contribution in [3.05, 3.63) is 438 Å². The Balaban J connectivity index is 0.643. The van der Waals surface area contributed by atoms with E-state index in [0.717, 1.165) is 201 Å². The molecule has 13 aromatic carbocycles. The molecule has 6 heterocycles. The first-order valence-electron chi connectivity index (χ1n) is 38.5. The Labute approximate surface area is 664 Å². The quantitative estimate of drug-likeness (QED) is 0.0852. The maximum absolute atomic E-state index is 5.23. The third kappa shape index (κ3) is 14.3. The van der Waals surface area contributed by atoms with Crippen LogP contribution in [0, 0.1) is 0 Å². The van der Waals surface area contributed by atoms with Crippen molar-refractivity contribution in [2.24, 2.45) is 0 Å². The van der Waals surface area contributed by atoms with E-state index in [1.54, 1.807) is 0 Å². The zero-order chi connectivity index (χ0) is 75.9. The zero-order valence-electron chi connectivity index (χ0n) is 62.3. The highest BCUT2D eigenvalue weighted by Gasteiger charge is 2.21. The summed E-state index contributed by atoms with van der Waals surface area (Å²) in [7, 11) is 0. The van der Waals surface area contributed by atoms with Gasteiger partial charge in [-0.15, -0.1) is 0 Å². The molecule has 0 amide bonds. The maximum Gasteiger partial charge on any atom is 0.0708 e. The van der Waals surface area contributed by atoms with Gasteiger partial charge in [0, 0.05) is 98.4 Å². The second-order valence-corrected chi connectivity index (χ2v) is 28.5. The normalized spacial score (nSPS) is 11.2. The molecule has 0 aliphatic carbocycles. The van der Waals surface area contributed by atoms with E-state index in [0.29, 0.717) is 0 Å². The lowest BCUT2D eigenvalue weighted by atomic mass is 9.86. The van der Waals surface area contributed by atoms with E-state index in [9.17, 15) is 0 Å². The molecule has 0 aliphatic heterocycles. The average molecular weight is 1450 g/mol. The lowest BCUT2D eigenvalue weighted by Crippen LogP contribution is -1.93. The standard InChI is InChI=1S/C108H72N6/c1-5-25-74(26-6-1)103-54-49-80(68-110-103)92-34-14-20-40-98(92)86-61-85(62-87(63-86)99-41-21-15-35-93(99)81-50-55-104(111-69-81)75-27-7-2-8-28-75)97-39-19-13-33-91(97)73-45-47-78(48-46-73)108-67-79(59-60-109-108)107-58-53-84(72-114-107)96-38-18-24-44-102(96)90-65-88(100-42-22-16-36-94(100)82-51-56-105(112-70-82)76-29-9-3-10-30-76)64-89(66-90)101-43-23-17-37-95(101)83-52-57-106(113-71-83)77-31-11-4-12-32-77/h1-72H. The molecule has 0 saturated carbocycles. The summed E-state index contributed by atoms with van der Waals surface area (Å²) < 4.78 is 0. The minimum atomic E-state index is 0.850. The van der Waals surface area contributed by atoms with Crippen molar-refractivity contribution in [1.29, 1.82) is 0 Å². The van der Waals surface area contributed by atoms with Gasteiger partial charge in [0.1, 0.15) is 0 Å². The van der Waals surface area contributed by atoms with Crippen LogP contribution in [0.15, 0.2) is 438 Å². The van der Waals surface area contributed by atoms with Crippen LogP contribution in [-0.4, -0.2) is 29.9 Å². The lowest BCUT2D eigenvalue weighted by Gasteiger charge is -2.18. The molecule has 0 spiro atoms. The molecule has 0 saturated heterocycles. The van der Waals surface area contributed by atoms with Crippen LogP contribution in [0.25, 0.3) is 201 Å². The Morgan fingerprint density at radius 3 is 0.518 bits per heavy atom. The maximum atomic E-state index is 5.23. The highest BCUT2D eigenvalue weighted by Crippen LogP contribution is 2.46. The van der Waals surface area contributed by atoms with Crippen LogP contribution in [0.1, 0.15) is 0 Å². The molecule has 0 atom stereocenters. The molecular weight excluding hydrogens is 1380 g/mol. The molecule has 0 radical (unpaired) electrons. The van der Waals surface area contributed by atoms with Crippen LogP contribution < -0.4 is 0 Å². The van der Waals surface area contributed by atoms with Crippen molar-refractivity contribution in [2.75, 3.05) is 0 Å². The van der Waals surface area contributed by atoms with Crippen LogP contribution in [0.2, 0.25) is 0 Å². The number of hydrogen-bond donors (Lipinski definition) is 0. The van der Waals surface area contributed by atoms with Gasteiger partial charge in [-0.2, -0.15) is 0 Å². The summed E-state index contributed by atoms with van der Waals surface area (Å²) in [6.07, 6.45) is 11.9. The molecule has 0 N–H and O–H groups in total. The van der Waals surface area contributed by atoms with E-state index < -0.39 is 0 Å². The molecular formula is C108H72N6. The Morgan fingerprint density at radius 2 is 0.289 bits per heavy atom. The predicted octanol–water partition coefficient (Wildman–Crippen LogP) is 28.1. The van der Waals surface area contributed by atoms with E-state index in [2.05, 4.69) is 370 Å². The van der Waals surface area contributed by atoms with Crippen LogP contribution >= 0.6 is 0 Å². The molecule has 534 valence electrons. The van der Waals surface area contributed by atoms with Crippen LogP contribution in [0.5, 0.6) is 0 Å². The summed E-state index contributed by atoms with van der Waals surface area (Å²) >= 11 is 0. The minimum absolute atomic E-state index is 0.850. The van der Waals surface area contributed by atoms with Gasteiger partial charge in [-0.25, -0.2) is 0 Å². The van der Waals surface area contributed by atoms with Gasteiger partial charge in [-0.3, -0.25) is 29.9 Å². The zero-order valence-corrected chi connectivity index (χ0v) is 62.3. The van der Waals surface area contributed by atoms with Crippen LogP contribution in [0.4, 0.5) is 0 Å². The predicted molar refractivity (Wildman–Crippen MR) is 471 cm³/mol. The van der Waals surface area contributed by atoms with Crippen molar-refractivity contribution >= 4 is 0 Å². The smallest absolute Gasteiger partial charge is 0.0708 e. The monoisotopic (exact) mass is 1450 g/mol. The molecule has 0 aliphatic rings. The minimum Gasteiger partial charge on any atom is -0.256 e. The van der Waals surface area contributed by atoms with Crippen molar-refractivity contribution in [3.8, 4) is 201 Å². The number of pyridine rings is 6. The van der Waals surface area contributed by atoms with Gasteiger partial charge in [0.2, 0.25) is 0 Å². The molecule has 6 aromatic heterocycles. The summed E-state index contributed by atoms with van der Waals surface area (Å²) in [5, 5.41) is 0.